The Morgan fingerprint density at radius 3 is 2.64 bits per heavy atom. The number of imidazole rings is 1. The van der Waals surface area contributed by atoms with Crippen LogP contribution in [0.5, 0.6) is 11.5 Å². The highest BCUT2D eigenvalue weighted by Gasteiger charge is 2.11. The monoisotopic (exact) mass is 381 g/mol. The Hall–Kier alpha value is -3.02. The van der Waals surface area contributed by atoms with Crippen LogP contribution in [0.2, 0.25) is 0 Å². The Morgan fingerprint density at radius 2 is 1.89 bits per heavy atom. The molecule has 0 fully saturated rings. The van der Waals surface area contributed by atoms with Gasteiger partial charge in [-0.1, -0.05) is 13.0 Å². The Morgan fingerprint density at radius 1 is 1.07 bits per heavy atom. The highest BCUT2D eigenvalue weighted by molar-refractivity contribution is 5.92. The average Bonchev–Trinajstić information content (AvgIpc) is 3.11. The first-order chi connectivity index (χ1) is 13.6. The lowest BCUT2D eigenvalue weighted by Crippen LogP contribution is -2.13. The van der Waals surface area contributed by atoms with Crippen LogP contribution in [0.25, 0.3) is 11.0 Å². The van der Waals surface area contributed by atoms with Crippen molar-refractivity contribution in [3.05, 3.63) is 47.8 Å². The summed E-state index contributed by atoms with van der Waals surface area (Å²) in [6, 6.07) is 11.6. The Labute approximate surface area is 165 Å². The first-order valence-corrected chi connectivity index (χ1v) is 9.79. The van der Waals surface area contributed by atoms with Crippen molar-refractivity contribution in [2.75, 3.05) is 18.5 Å². The standard InChI is InChI=1S/C22H27N3O3/c1-4-21-23-17-10-7-15(13-18(17)24-21)8-12-22(26)25-19-14-16(27-5-2)9-11-20(19)28-6-3/h7,9-11,13-14H,4-6,8,12H2,1-3H3,(H,23,24)(H,25,26). The summed E-state index contributed by atoms with van der Waals surface area (Å²) in [5.41, 5.74) is 3.70. The number of nitrogens with zero attached hydrogens (tertiary/aromatic N) is 1. The molecule has 1 aromatic heterocycles. The van der Waals surface area contributed by atoms with Gasteiger partial charge in [0.1, 0.15) is 17.3 Å². The number of nitrogens with one attached hydrogen (secondary N) is 2. The van der Waals surface area contributed by atoms with Gasteiger partial charge in [0.05, 0.1) is 29.9 Å². The van der Waals surface area contributed by atoms with Crippen molar-refractivity contribution in [1.82, 2.24) is 9.97 Å². The number of H-pyrrole nitrogens is 1. The zero-order valence-corrected chi connectivity index (χ0v) is 16.7. The number of carbonyl (C=O) groups excluding carboxylic acids is 1. The van der Waals surface area contributed by atoms with E-state index in [1.54, 1.807) is 6.07 Å². The van der Waals surface area contributed by atoms with Gasteiger partial charge in [0.25, 0.3) is 0 Å². The van der Waals surface area contributed by atoms with Crippen molar-refractivity contribution in [2.24, 2.45) is 0 Å². The van der Waals surface area contributed by atoms with E-state index in [0.29, 0.717) is 43.2 Å². The van der Waals surface area contributed by atoms with Gasteiger partial charge in [-0.25, -0.2) is 4.98 Å². The molecule has 28 heavy (non-hydrogen) atoms. The van der Waals surface area contributed by atoms with Crippen LogP contribution in [0.1, 0.15) is 38.6 Å². The molecule has 1 amide bonds. The van der Waals surface area contributed by atoms with Gasteiger partial charge in [0, 0.05) is 18.9 Å². The highest BCUT2D eigenvalue weighted by Crippen LogP contribution is 2.29. The molecule has 0 radical (unpaired) electrons. The molecule has 148 valence electrons. The number of aromatic nitrogens is 2. The molecule has 0 saturated heterocycles. The second kappa shape index (κ2) is 9.26. The van der Waals surface area contributed by atoms with Crippen molar-refractivity contribution in [3.63, 3.8) is 0 Å². The number of anilines is 1. The minimum atomic E-state index is -0.0615. The first-order valence-electron chi connectivity index (χ1n) is 9.79. The van der Waals surface area contributed by atoms with Crippen molar-refractivity contribution in [2.45, 2.75) is 40.0 Å². The number of fused-ring (bicyclic) bond motifs is 1. The molecule has 1 heterocycles. The van der Waals surface area contributed by atoms with Gasteiger partial charge < -0.3 is 19.8 Å². The number of benzene rings is 2. The zero-order valence-electron chi connectivity index (χ0n) is 16.7. The molecule has 3 aromatic rings. The smallest absolute Gasteiger partial charge is 0.224 e. The van der Waals surface area contributed by atoms with Gasteiger partial charge in [0.15, 0.2) is 0 Å². The third-order valence-electron chi connectivity index (χ3n) is 4.41. The Kier molecular flexibility index (Phi) is 6.53. The molecular formula is C22H27N3O3. The number of aryl methyl sites for hydroxylation is 2. The van der Waals surface area contributed by atoms with Crippen LogP contribution in [0.15, 0.2) is 36.4 Å². The van der Waals surface area contributed by atoms with E-state index in [2.05, 4.69) is 28.3 Å². The molecule has 6 heteroatoms. The average molecular weight is 381 g/mol. The molecule has 0 aliphatic rings. The second-order valence-corrected chi connectivity index (χ2v) is 6.46. The third kappa shape index (κ3) is 4.82. The molecule has 0 atom stereocenters. The Bertz CT molecular complexity index is 949. The van der Waals surface area contributed by atoms with E-state index in [4.69, 9.17) is 9.47 Å². The summed E-state index contributed by atoms with van der Waals surface area (Å²) in [6.07, 6.45) is 1.90. The largest absolute Gasteiger partial charge is 0.494 e. The van der Waals surface area contributed by atoms with Crippen LogP contribution in [-0.2, 0) is 17.6 Å². The molecule has 0 bridgehead atoms. The maximum absolute atomic E-state index is 12.5. The number of amides is 1. The molecule has 0 unspecified atom stereocenters. The fourth-order valence-corrected chi connectivity index (χ4v) is 3.05. The number of carbonyl (C=O) groups is 1. The number of hydrogen-bond donors (Lipinski definition) is 2. The zero-order chi connectivity index (χ0) is 19.9. The lowest BCUT2D eigenvalue weighted by atomic mass is 10.1. The summed E-state index contributed by atoms with van der Waals surface area (Å²) >= 11 is 0. The molecule has 3 rings (SSSR count). The lowest BCUT2D eigenvalue weighted by Gasteiger charge is -2.13. The first kappa shape index (κ1) is 19.7. The molecule has 2 N–H and O–H groups in total. The van der Waals surface area contributed by atoms with Crippen molar-refractivity contribution < 1.29 is 14.3 Å². The van der Waals surface area contributed by atoms with Crippen LogP contribution < -0.4 is 14.8 Å². The lowest BCUT2D eigenvalue weighted by molar-refractivity contribution is -0.116. The van der Waals surface area contributed by atoms with E-state index in [-0.39, 0.29) is 5.91 Å². The van der Waals surface area contributed by atoms with Crippen LogP contribution in [0.4, 0.5) is 5.69 Å². The molecule has 2 aromatic carbocycles. The summed E-state index contributed by atoms with van der Waals surface area (Å²) in [4.78, 5) is 20.3. The maximum Gasteiger partial charge on any atom is 0.224 e. The SMILES string of the molecule is CCOc1ccc(OCC)c(NC(=O)CCc2ccc3nc(CC)[nH]c3c2)c1. The summed E-state index contributed by atoms with van der Waals surface area (Å²) in [6.45, 7) is 7.00. The molecule has 0 saturated carbocycles. The highest BCUT2D eigenvalue weighted by atomic mass is 16.5. The van der Waals surface area contributed by atoms with Crippen LogP contribution >= 0.6 is 0 Å². The minimum absolute atomic E-state index is 0.0615. The minimum Gasteiger partial charge on any atom is -0.494 e. The van der Waals surface area contributed by atoms with Crippen LogP contribution in [-0.4, -0.2) is 29.1 Å². The van der Waals surface area contributed by atoms with E-state index in [1.807, 2.05) is 38.1 Å². The quantitative estimate of drug-likeness (QED) is 0.572. The second-order valence-electron chi connectivity index (χ2n) is 6.46. The molecule has 0 aliphatic heterocycles. The summed E-state index contributed by atoms with van der Waals surface area (Å²) in [7, 11) is 0. The summed E-state index contributed by atoms with van der Waals surface area (Å²) < 4.78 is 11.1. The normalized spacial score (nSPS) is 10.8. The fourth-order valence-electron chi connectivity index (χ4n) is 3.05. The molecule has 6 nitrogen and oxygen atoms in total. The van der Waals surface area contributed by atoms with E-state index >= 15 is 0 Å². The Balaban J connectivity index is 1.65. The van der Waals surface area contributed by atoms with E-state index in [9.17, 15) is 4.79 Å². The van der Waals surface area contributed by atoms with E-state index in [0.717, 1.165) is 28.8 Å². The predicted octanol–water partition coefficient (Wildman–Crippen LogP) is 4.49. The number of hydrogen-bond acceptors (Lipinski definition) is 4. The van der Waals surface area contributed by atoms with Crippen molar-refractivity contribution >= 4 is 22.6 Å². The van der Waals surface area contributed by atoms with Gasteiger partial charge >= 0.3 is 0 Å². The topological polar surface area (TPSA) is 76.2 Å². The van der Waals surface area contributed by atoms with E-state index in [1.165, 1.54) is 0 Å². The summed E-state index contributed by atoms with van der Waals surface area (Å²) in [5.74, 6) is 2.26. The number of aromatic amines is 1. The van der Waals surface area contributed by atoms with Gasteiger partial charge in [-0.15, -0.1) is 0 Å². The number of rotatable bonds is 9. The van der Waals surface area contributed by atoms with Gasteiger partial charge in [-0.2, -0.15) is 0 Å². The maximum atomic E-state index is 12.5. The summed E-state index contributed by atoms with van der Waals surface area (Å²) in [5, 5.41) is 2.95. The van der Waals surface area contributed by atoms with Gasteiger partial charge in [0.2, 0.25) is 5.91 Å². The van der Waals surface area contributed by atoms with Crippen molar-refractivity contribution in [1.29, 1.82) is 0 Å². The molecular weight excluding hydrogens is 354 g/mol. The number of ether oxygens (including phenoxy) is 2. The van der Waals surface area contributed by atoms with Crippen LogP contribution in [0.3, 0.4) is 0 Å². The fraction of sp³-hybridized carbons (Fsp3) is 0.364. The molecule has 0 spiro atoms. The van der Waals surface area contributed by atoms with Gasteiger partial charge in [-0.3, -0.25) is 4.79 Å². The van der Waals surface area contributed by atoms with Crippen LogP contribution in [0, 0.1) is 0 Å². The third-order valence-corrected chi connectivity index (χ3v) is 4.41. The van der Waals surface area contributed by atoms with Crippen molar-refractivity contribution in [3.8, 4) is 11.5 Å². The van der Waals surface area contributed by atoms with Gasteiger partial charge in [-0.05, 0) is 50.1 Å². The molecule has 0 aliphatic carbocycles. The van der Waals surface area contributed by atoms with E-state index < -0.39 is 0 Å². The predicted molar refractivity (Wildman–Crippen MR) is 111 cm³/mol.